The predicted octanol–water partition coefficient (Wildman–Crippen LogP) is 12.6. The van der Waals surface area contributed by atoms with Crippen LogP contribution in [0, 0.1) is 0 Å². The number of carbonyl (C=O) groups is 3. The third-order valence-electron chi connectivity index (χ3n) is 9.91. The molecule has 0 spiro atoms. The number of nitrogens with two attached hydrogens (primary N) is 1. The lowest BCUT2D eigenvalue weighted by Gasteiger charge is -2.15. The van der Waals surface area contributed by atoms with Crippen LogP contribution in [0.4, 0.5) is 0 Å². The summed E-state index contributed by atoms with van der Waals surface area (Å²) in [6.45, 7) is 4.90. The fraction of sp³-hybridized carbons (Fsp3) is 0.804. The van der Waals surface area contributed by atoms with Gasteiger partial charge in [-0.25, -0.2) is 4.79 Å². The topological polar surface area (TPSA) is 119 Å². The van der Waals surface area contributed by atoms with Crippen molar-refractivity contribution in [3.05, 3.63) is 36.5 Å². The SMILES string of the molecule is CCCCC/C=C\C/C=C\CCCCCCCCCCCC(=O)OC(/C=C\CCCCCCCCC)CCCCCCC(=O)NC(CCCN)C(=O)O. The van der Waals surface area contributed by atoms with E-state index >= 15 is 0 Å². The molecule has 0 aromatic carbocycles. The minimum Gasteiger partial charge on any atom is -0.480 e. The van der Waals surface area contributed by atoms with Crippen LogP contribution in [0.3, 0.4) is 0 Å². The molecule has 0 fully saturated rings. The van der Waals surface area contributed by atoms with Crippen LogP contribution in [0.15, 0.2) is 36.5 Å². The molecule has 0 bridgehead atoms. The van der Waals surface area contributed by atoms with Crippen molar-refractivity contribution < 1.29 is 24.2 Å². The summed E-state index contributed by atoms with van der Waals surface area (Å²) in [5.41, 5.74) is 5.48. The molecular weight excluding hydrogens is 661 g/mol. The van der Waals surface area contributed by atoms with E-state index in [2.05, 4.69) is 55.6 Å². The third-order valence-corrected chi connectivity index (χ3v) is 9.91. The van der Waals surface area contributed by atoms with Crippen molar-refractivity contribution in [2.24, 2.45) is 5.73 Å². The molecule has 0 saturated heterocycles. The Morgan fingerprint density at radius 1 is 0.566 bits per heavy atom. The van der Waals surface area contributed by atoms with E-state index in [1.807, 2.05) is 0 Å². The van der Waals surface area contributed by atoms with Gasteiger partial charge in [-0.3, -0.25) is 9.59 Å². The highest BCUT2D eigenvalue weighted by Crippen LogP contribution is 2.16. The average Bonchev–Trinajstić information content (AvgIpc) is 3.14. The van der Waals surface area contributed by atoms with Gasteiger partial charge < -0.3 is 20.9 Å². The standard InChI is InChI=1S/C46H84N2O5/c1-3-5-7-9-11-13-14-15-16-17-18-19-20-21-22-24-26-28-34-40-45(50)53-42(36-31-27-25-23-12-10-8-6-4-2)37-32-29-30-33-39-44(49)48-43(46(51)52)38-35-41-47/h11,13,15-16,31,36,42-43H,3-10,12,14,17-30,32-35,37-41,47H2,1-2H3,(H,48,49)(H,51,52)/b13-11-,16-15-,36-31-. The van der Waals surface area contributed by atoms with E-state index in [1.54, 1.807) is 0 Å². The Morgan fingerprint density at radius 3 is 1.60 bits per heavy atom. The fourth-order valence-electron chi connectivity index (χ4n) is 6.51. The first-order valence-electron chi connectivity index (χ1n) is 22.3. The highest BCUT2D eigenvalue weighted by atomic mass is 16.5. The van der Waals surface area contributed by atoms with Gasteiger partial charge in [0.05, 0.1) is 0 Å². The highest BCUT2D eigenvalue weighted by molar-refractivity contribution is 5.83. The molecule has 4 N–H and O–H groups in total. The molecule has 0 aliphatic carbocycles. The number of carboxylic acids is 1. The molecule has 53 heavy (non-hydrogen) atoms. The average molecular weight is 745 g/mol. The second-order valence-electron chi connectivity index (χ2n) is 15.1. The first-order valence-corrected chi connectivity index (χ1v) is 22.3. The summed E-state index contributed by atoms with van der Waals surface area (Å²) in [6.07, 6.45) is 47.7. The second-order valence-corrected chi connectivity index (χ2v) is 15.1. The Bertz CT molecular complexity index is 931. The number of hydrogen-bond donors (Lipinski definition) is 3. The zero-order chi connectivity index (χ0) is 38.9. The van der Waals surface area contributed by atoms with E-state index in [4.69, 9.17) is 10.5 Å². The first-order chi connectivity index (χ1) is 25.9. The van der Waals surface area contributed by atoms with Gasteiger partial charge in [0.1, 0.15) is 12.1 Å². The largest absolute Gasteiger partial charge is 0.480 e. The van der Waals surface area contributed by atoms with E-state index in [9.17, 15) is 19.5 Å². The summed E-state index contributed by atoms with van der Waals surface area (Å²) >= 11 is 0. The summed E-state index contributed by atoms with van der Waals surface area (Å²) in [5, 5.41) is 11.9. The van der Waals surface area contributed by atoms with Crippen molar-refractivity contribution in [1.82, 2.24) is 5.32 Å². The number of amides is 1. The summed E-state index contributed by atoms with van der Waals surface area (Å²) in [5.74, 6) is -1.33. The van der Waals surface area contributed by atoms with Crippen LogP contribution in [-0.2, 0) is 19.1 Å². The van der Waals surface area contributed by atoms with Gasteiger partial charge in [0.15, 0.2) is 0 Å². The molecule has 0 aromatic heterocycles. The Kier molecular flexibility index (Phi) is 38.9. The fourth-order valence-corrected chi connectivity index (χ4v) is 6.51. The molecule has 7 nitrogen and oxygen atoms in total. The maximum atomic E-state index is 12.8. The Hall–Kier alpha value is -2.41. The van der Waals surface area contributed by atoms with Gasteiger partial charge in [-0.05, 0) is 96.1 Å². The van der Waals surface area contributed by atoms with Gasteiger partial charge in [-0.1, -0.05) is 153 Å². The summed E-state index contributed by atoms with van der Waals surface area (Å²) in [6, 6.07) is -0.870. The van der Waals surface area contributed by atoms with Crippen LogP contribution < -0.4 is 11.1 Å². The maximum absolute atomic E-state index is 12.8. The van der Waals surface area contributed by atoms with E-state index < -0.39 is 12.0 Å². The summed E-state index contributed by atoms with van der Waals surface area (Å²) < 4.78 is 5.94. The van der Waals surface area contributed by atoms with Crippen molar-refractivity contribution >= 4 is 17.8 Å². The summed E-state index contributed by atoms with van der Waals surface area (Å²) in [4.78, 5) is 36.4. The van der Waals surface area contributed by atoms with Gasteiger partial charge in [0.2, 0.25) is 5.91 Å². The van der Waals surface area contributed by atoms with E-state index in [0.29, 0.717) is 38.6 Å². The van der Waals surface area contributed by atoms with Gasteiger partial charge in [0, 0.05) is 12.8 Å². The van der Waals surface area contributed by atoms with Crippen molar-refractivity contribution in [2.45, 2.75) is 231 Å². The molecule has 308 valence electrons. The number of unbranched alkanes of at least 4 members (excludes halogenated alkanes) is 22. The third kappa shape index (κ3) is 37.7. The summed E-state index contributed by atoms with van der Waals surface area (Å²) in [7, 11) is 0. The maximum Gasteiger partial charge on any atom is 0.326 e. The molecule has 2 unspecified atom stereocenters. The zero-order valence-electron chi connectivity index (χ0n) is 34.6. The van der Waals surface area contributed by atoms with Crippen LogP contribution in [0.2, 0.25) is 0 Å². The Balaban J connectivity index is 4.24. The number of aliphatic carboxylic acids is 1. The van der Waals surface area contributed by atoms with Crippen LogP contribution in [0.1, 0.15) is 219 Å². The quantitative estimate of drug-likeness (QED) is 0.0326. The molecule has 0 aromatic rings. The van der Waals surface area contributed by atoms with Crippen LogP contribution in [0.25, 0.3) is 0 Å². The van der Waals surface area contributed by atoms with Crippen molar-refractivity contribution in [3.63, 3.8) is 0 Å². The second kappa shape index (κ2) is 40.8. The molecule has 0 saturated carbocycles. The molecular formula is C46H84N2O5. The molecule has 0 rings (SSSR count). The smallest absolute Gasteiger partial charge is 0.326 e. The number of rotatable bonds is 40. The lowest BCUT2D eigenvalue weighted by atomic mass is 10.0. The van der Waals surface area contributed by atoms with Crippen LogP contribution in [-0.4, -0.2) is 41.6 Å². The molecule has 0 aliphatic heterocycles. The predicted molar refractivity (Wildman–Crippen MR) is 225 cm³/mol. The molecule has 0 radical (unpaired) electrons. The van der Waals surface area contributed by atoms with E-state index in [1.165, 1.54) is 122 Å². The van der Waals surface area contributed by atoms with Crippen molar-refractivity contribution in [2.75, 3.05) is 6.54 Å². The minimum atomic E-state index is -1.01. The number of carboxylic acid groups (broad SMARTS) is 1. The molecule has 0 aliphatic rings. The first kappa shape index (κ1) is 50.6. The molecule has 0 heterocycles. The molecule has 7 heteroatoms. The van der Waals surface area contributed by atoms with E-state index in [-0.39, 0.29) is 18.0 Å². The van der Waals surface area contributed by atoms with Crippen LogP contribution >= 0.6 is 0 Å². The van der Waals surface area contributed by atoms with Crippen molar-refractivity contribution in [3.8, 4) is 0 Å². The minimum absolute atomic E-state index is 0.0908. The van der Waals surface area contributed by atoms with Gasteiger partial charge in [0.25, 0.3) is 0 Å². The van der Waals surface area contributed by atoms with Gasteiger partial charge >= 0.3 is 11.9 Å². The number of hydrogen-bond acceptors (Lipinski definition) is 5. The zero-order valence-corrected chi connectivity index (χ0v) is 34.6. The number of carbonyl (C=O) groups excluding carboxylic acids is 2. The van der Waals surface area contributed by atoms with E-state index in [0.717, 1.165) is 51.4 Å². The monoisotopic (exact) mass is 745 g/mol. The molecule has 1 amide bonds. The number of ether oxygens (including phenoxy) is 1. The lowest BCUT2D eigenvalue weighted by Crippen LogP contribution is -2.40. The normalized spacial score (nSPS) is 13.0. The van der Waals surface area contributed by atoms with Gasteiger partial charge in [-0.2, -0.15) is 0 Å². The highest BCUT2D eigenvalue weighted by Gasteiger charge is 2.19. The van der Waals surface area contributed by atoms with Crippen LogP contribution in [0.5, 0.6) is 0 Å². The Labute approximate surface area is 326 Å². The lowest BCUT2D eigenvalue weighted by molar-refractivity contribution is -0.147. The number of nitrogens with one attached hydrogen (secondary N) is 1. The molecule has 2 atom stereocenters. The van der Waals surface area contributed by atoms with Crippen molar-refractivity contribution in [1.29, 1.82) is 0 Å². The Morgan fingerprint density at radius 2 is 1.04 bits per heavy atom. The van der Waals surface area contributed by atoms with Gasteiger partial charge in [-0.15, -0.1) is 0 Å². The number of esters is 1. The number of allylic oxidation sites excluding steroid dienone is 5.